The molecule has 1 amide bonds. The Hall–Kier alpha value is -3.52. The molecule has 1 atom stereocenters. The van der Waals surface area contributed by atoms with Gasteiger partial charge in [0.2, 0.25) is 5.91 Å². The summed E-state index contributed by atoms with van der Waals surface area (Å²) in [5.41, 5.74) is 3.03. The van der Waals surface area contributed by atoms with Crippen LogP contribution in [0.2, 0.25) is 0 Å². The van der Waals surface area contributed by atoms with Crippen molar-refractivity contribution in [1.29, 1.82) is 0 Å². The lowest BCUT2D eigenvalue weighted by molar-refractivity contribution is -0.384. The predicted molar refractivity (Wildman–Crippen MR) is 123 cm³/mol. The molecule has 1 unspecified atom stereocenters. The Morgan fingerprint density at radius 2 is 1.91 bits per heavy atom. The van der Waals surface area contributed by atoms with Crippen molar-refractivity contribution in [1.82, 2.24) is 20.0 Å². The van der Waals surface area contributed by atoms with E-state index >= 15 is 0 Å². The number of non-ortho nitro benzene ring substituents is 1. The minimum atomic E-state index is -0.430. The lowest BCUT2D eigenvalue weighted by atomic mass is 10.1. The average Bonchev–Trinajstić information content (AvgIpc) is 3.58. The minimum Gasteiger partial charge on any atom is -0.354 e. The SMILES string of the molecule is CC(CNC(=O)Cc1cn(-c2ccccc2)nc1-c1ccc([N+](=O)[O-])cc1)N(C)C1CC1. The molecule has 0 bridgehead atoms. The van der Waals surface area contributed by atoms with Crippen LogP contribution in [0.1, 0.15) is 25.3 Å². The Morgan fingerprint density at radius 3 is 2.53 bits per heavy atom. The number of likely N-dealkylation sites (N-methyl/N-ethyl adjacent to an activating group) is 1. The molecule has 4 rings (SSSR count). The van der Waals surface area contributed by atoms with Crippen molar-refractivity contribution in [3.8, 4) is 16.9 Å². The average molecular weight is 434 g/mol. The molecule has 8 heteroatoms. The molecule has 2 aromatic carbocycles. The van der Waals surface area contributed by atoms with Crippen molar-refractivity contribution in [2.24, 2.45) is 0 Å². The van der Waals surface area contributed by atoms with Gasteiger partial charge in [-0.25, -0.2) is 4.68 Å². The molecule has 1 saturated carbocycles. The van der Waals surface area contributed by atoms with E-state index in [1.807, 2.05) is 36.5 Å². The summed E-state index contributed by atoms with van der Waals surface area (Å²) >= 11 is 0. The zero-order chi connectivity index (χ0) is 22.7. The van der Waals surface area contributed by atoms with Crippen LogP contribution in [-0.2, 0) is 11.2 Å². The molecule has 3 aromatic rings. The molecule has 1 aliphatic rings. The Balaban J connectivity index is 1.54. The van der Waals surface area contributed by atoms with Crippen LogP contribution in [0.3, 0.4) is 0 Å². The van der Waals surface area contributed by atoms with E-state index < -0.39 is 4.92 Å². The monoisotopic (exact) mass is 433 g/mol. The van der Waals surface area contributed by atoms with Crippen LogP contribution < -0.4 is 5.32 Å². The van der Waals surface area contributed by atoms with Crippen molar-refractivity contribution in [2.45, 2.75) is 38.3 Å². The number of carbonyl (C=O) groups excluding carboxylic acids is 1. The second-order valence-corrected chi connectivity index (χ2v) is 8.31. The van der Waals surface area contributed by atoms with E-state index in [-0.39, 0.29) is 24.1 Å². The summed E-state index contributed by atoms with van der Waals surface area (Å²) in [6.07, 6.45) is 4.49. The number of para-hydroxylation sites is 1. The zero-order valence-electron chi connectivity index (χ0n) is 18.3. The van der Waals surface area contributed by atoms with Gasteiger partial charge < -0.3 is 5.32 Å². The highest BCUT2D eigenvalue weighted by Gasteiger charge is 2.29. The fraction of sp³-hybridized carbons (Fsp3) is 0.333. The van der Waals surface area contributed by atoms with E-state index in [9.17, 15) is 14.9 Å². The Kier molecular flexibility index (Phi) is 6.32. The first-order chi connectivity index (χ1) is 15.4. The third-order valence-electron chi connectivity index (χ3n) is 5.93. The lowest BCUT2D eigenvalue weighted by Crippen LogP contribution is -2.41. The first kappa shape index (κ1) is 21.7. The lowest BCUT2D eigenvalue weighted by Gasteiger charge is -2.24. The highest BCUT2D eigenvalue weighted by molar-refractivity contribution is 5.81. The molecule has 166 valence electrons. The summed E-state index contributed by atoms with van der Waals surface area (Å²) in [5, 5.41) is 18.7. The molecule has 0 radical (unpaired) electrons. The molecule has 0 spiro atoms. The van der Waals surface area contributed by atoms with Crippen LogP contribution in [0.25, 0.3) is 16.9 Å². The van der Waals surface area contributed by atoms with Crippen molar-refractivity contribution in [3.05, 3.63) is 76.5 Å². The van der Waals surface area contributed by atoms with E-state index in [2.05, 4.69) is 24.2 Å². The van der Waals surface area contributed by atoms with Crippen LogP contribution in [0.15, 0.2) is 60.8 Å². The quantitative estimate of drug-likeness (QED) is 0.411. The van der Waals surface area contributed by atoms with Gasteiger partial charge in [0, 0.05) is 48.1 Å². The first-order valence-electron chi connectivity index (χ1n) is 10.8. The van der Waals surface area contributed by atoms with Gasteiger partial charge >= 0.3 is 0 Å². The molecular weight excluding hydrogens is 406 g/mol. The van der Waals surface area contributed by atoms with Gasteiger partial charge in [0.1, 0.15) is 0 Å². The molecule has 1 N–H and O–H groups in total. The van der Waals surface area contributed by atoms with Gasteiger partial charge in [-0.15, -0.1) is 0 Å². The topological polar surface area (TPSA) is 93.3 Å². The zero-order valence-corrected chi connectivity index (χ0v) is 18.3. The molecular formula is C24H27N5O3. The summed E-state index contributed by atoms with van der Waals surface area (Å²) < 4.78 is 1.74. The highest BCUT2D eigenvalue weighted by Crippen LogP contribution is 2.27. The second kappa shape index (κ2) is 9.32. The van der Waals surface area contributed by atoms with Gasteiger partial charge in [-0.3, -0.25) is 19.8 Å². The van der Waals surface area contributed by atoms with Gasteiger partial charge in [0.05, 0.1) is 22.7 Å². The number of rotatable bonds is 9. The smallest absolute Gasteiger partial charge is 0.269 e. The Morgan fingerprint density at radius 1 is 1.22 bits per heavy atom. The molecule has 0 aliphatic heterocycles. The van der Waals surface area contributed by atoms with E-state index in [4.69, 9.17) is 5.10 Å². The number of benzene rings is 2. The maximum atomic E-state index is 12.7. The van der Waals surface area contributed by atoms with Crippen LogP contribution in [0, 0.1) is 10.1 Å². The van der Waals surface area contributed by atoms with E-state index in [1.165, 1.54) is 25.0 Å². The van der Waals surface area contributed by atoms with Crippen LogP contribution in [-0.4, -0.2) is 51.2 Å². The van der Waals surface area contributed by atoms with E-state index in [0.29, 0.717) is 18.3 Å². The molecule has 1 aliphatic carbocycles. The standard InChI is InChI=1S/C24H27N5O3/c1-17(27(2)20-12-13-20)15-25-23(30)14-19-16-28(21-6-4-3-5-7-21)26-24(19)18-8-10-22(11-9-18)29(31)32/h3-11,16-17,20H,12-15H2,1-2H3,(H,25,30). The largest absolute Gasteiger partial charge is 0.354 e. The molecule has 0 saturated heterocycles. The molecule has 1 fully saturated rings. The summed E-state index contributed by atoms with van der Waals surface area (Å²) in [7, 11) is 2.10. The Labute approximate surface area is 187 Å². The predicted octanol–water partition coefficient (Wildman–Crippen LogP) is 3.59. The third-order valence-corrected chi connectivity index (χ3v) is 5.93. The van der Waals surface area contributed by atoms with Crippen molar-refractivity contribution < 1.29 is 9.72 Å². The van der Waals surface area contributed by atoms with Crippen LogP contribution >= 0.6 is 0 Å². The van der Waals surface area contributed by atoms with Crippen LogP contribution in [0.4, 0.5) is 5.69 Å². The first-order valence-corrected chi connectivity index (χ1v) is 10.8. The fourth-order valence-electron chi connectivity index (χ4n) is 3.72. The number of nitrogens with zero attached hydrogens (tertiary/aromatic N) is 4. The summed E-state index contributed by atoms with van der Waals surface area (Å²) in [6, 6.07) is 16.8. The summed E-state index contributed by atoms with van der Waals surface area (Å²) in [5.74, 6) is -0.0724. The molecule has 8 nitrogen and oxygen atoms in total. The molecule has 32 heavy (non-hydrogen) atoms. The van der Waals surface area contributed by atoms with Crippen molar-refractivity contribution >= 4 is 11.6 Å². The number of nitro groups is 1. The van der Waals surface area contributed by atoms with Crippen molar-refractivity contribution in [3.63, 3.8) is 0 Å². The third kappa shape index (κ3) is 5.03. The maximum absolute atomic E-state index is 12.7. The number of hydrogen-bond donors (Lipinski definition) is 1. The number of aromatic nitrogens is 2. The molecule has 1 aromatic heterocycles. The van der Waals surface area contributed by atoms with Gasteiger partial charge in [0.25, 0.3) is 5.69 Å². The van der Waals surface area contributed by atoms with Gasteiger partial charge in [-0.05, 0) is 51.1 Å². The van der Waals surface area contributed by atoms with E-state index in [0.717, 1.165) is 16.8 Å². The van der Waals surface area contributed by atoms with Gasteiger partial charge in [0.15, 0.2) is 0 Å². The van der Waals surface area contributed by atoms with Gasteiger partial charge in [-0.1, -0.05) is 18.2 Å². The molecule has 1 heterocycles. The van der Waals surface area contributed by atoms with Crippen molar-refractivity contribution in [2.75, 3.05) is 13.6 Å². The van der Waals surface area contributed by atoms with Gasteiger partial charge in [-0.2, -0.15) is 5.10 Å². The number of amides is 1. The fourth-order valence-corrected chi connectivity index (χ4v) is 3.72. The number of nitrogens with one attached hydrogen (secondary N) is 1. The second-order valence-electron chi connectivity index (χ2n) is 8.31. The normalized spacial score (nSPS) is 14.3. The highest BCUT2D eigenvalue weighted by atomic mass is 16.6. The van der Waals surface area contributed by atoms with Crippen LogP contribution in [0.5, 0.6) is 0 Å². The Bertz CT molecular complexity index is 1090. The maximum Gasteiger partial charge on any atom is 0.269 e. The minimum absolute atomic E-state index is 0.0179. The summed E-state index contributed by atoms with van der Waals surface area (Å²) in [4.78, 5) is 25.6. The number of carbonyl (C=O) groups is 1. The summed E-state index contributed by atoms with van der Waals surface area (Å²) in [6.45, 7) is 2.71. The number of nitro benzene ring substituents is 1. The number of hydrogen-bond acceptors (Lipinski definition) is 5. The van der Waals surface area contributed by atoms with E-state index in [1.54, 1.807) is 16.8 Å².